The molecule has 1 aliphatic heterocycles. The molecular weight excluding hydrogens is 452 g/mol. The van der Waals surface area contributed by atoms with Crippen molar-refractivity contribution in [2.75, 3.05) is 11.5 Å². The van der Waals surface area contributed by atoms with Crippen LogP contribution in [0.5, 0.6) is 5.75 Å². The number of rotatable bonds is 7. The van der Waals surface area contributed by atoms with Crippen molar-refractivity contribution in [3.8, 4) is 5.75 Å². The summed E-state index contributed by atoms with van der Waals surface area (Å²) in [7, 11) is -3.23. The van der Waals surface area contributed by atoms with Gasteiger partial charge in [-0.15, -0.1) is 0 Å². The van der Waals surface area contributed by atoms with E-state index in [9.17, 15) is 17.6 Å². The summed E-state index contributed by atoms with van der Waals surface area (Å²) in [5.41, 5.74) is 0.638. The van der Waals surface area contributed by atoms with Gasteiger partial charge in [-0.3, -0.25) is 4.79 Å². The van der Waals surface area contributed by atoms with E-state index in [1.165, 1.54) is 23.1 Å². The lowest BCUT2D eigenvalue weighted by atomic mass is 10.1. The van der Waals surface area contributed by atoms with E-state index in [4.69, 9.17) is 27.9 Å². The Balaban J connectivity index is 1.89. The molecule has 1 saturated heterocycles. The van der Waals surface area contributed by atoms with Crippen LogP contribution in [-0.2, 0) is 21.2 Å². The second-order valence-corrected chi connectivity index (χ2v) is 10.3. The van der Waals surface area contributed by atoms with Crippen molar-refractivity contribution < 1.29 is 22.3 Å². The maximum absolute atomic E-state index is 14.0. The third kappa shape index (κ3) is 5.45. The van der Waals surface area contributed by atoms with Crippen LogP contribution in [0.1, 0.15) is 25.3 Å². The Morgan fingerprint density at radius 3 is 2.60 bits per heavy atom. The SMILES string of the molecule is CC[C@H](Oc1ccccc1F)C(=O)N(Cc1ccc(Cl)cc1Cl)[C@H]1CCS(=O)(=O)C1. The molecule has 30 heavy (non-hydrogen) atoms. The zero-order chi connectivity index (χ0) is 21.9. The van der Waals surface area contributed by atoms with Crippen LogP contribution in [0.25, 0.3) is 0 Å². The van der Waals surface area contributed by atoms with E-state index in [0.29, 0.717) is 22.0 Å². The average Bonchev–Trinajstić information content (AvgIpc) is 3.05. The van der Waals surface area contributed by atoms with Crippen molar-refractivity contribution in [1.82, 2.24) is 4.90 Å². The Kier molecular flexibility index (Phi) is 7.26. The maximum atomic E-state index is 14.0. The summed E-state index contributed by atoms with van der Waals surface area (Å²) in [5.74, 6) is -1.12. The molecule has 2 aromatic rings. The summed E-state index contributed by atoms with van der Waals surface area (Å²) >= 11 is 12.2. The van der Waals surface area contributed by atoms with Gasteiger partial charge in [0, 0.05) is 22.6 Å². The number of benzene rings is 2. The summed E-state index contributed by atoms with van der Waals surface area (Å²) in [5, 5.41) is 0.837. The molecular formula is C21H22Cl2FNO4S. The summed E-state index contributed by atoms with van der Waals surface area (Å²) < 4.78 is 43.8. The fraction of sp³-hybridized carbons (Fsp3) is 0.381. The number of para-hydroxylation sites is 1. The van der Waals surface area contributed by atoms with Crippen molar-refractivity contribution in [2.24, 2.45) is 0 Å². The number of halogens is 3. The van der Waals surface area contributed by atoms with E-state index >= 15 is 0 Å². The zero-order valence-corrected chi connectivity index (χ0v) is 18.7. The predicted molar refractivity (Wildman–Crippen MR) is 115 cm³/mol. The monoisotopic (exact) mass is 473 g/mol. The van der Waals surface area contributed by atoms with Crippen LogP contribution < -0.4 is 4.74 Å². The van der Waals surface area contributed by atoms with Gasteiger partial charge in [0.1, 0.15) is 0 Å². The summed E-state index contributed by atoms with van der Waals surface area (Å²) in [4.78, 5) is 14.9. The molecule has 0 spiro atoms. The molecule has 1 heterocycles. The molecule has 0 unspecified atom stereocenters. The summed E-state index contributed by atoms with van der Waals surface area (Å²) in [6.45, 7) is 1.86. The van der Waals surface area contributed by atoms with Crippen LogP contribution in [0.4, 0.5) is 4.39 Å². The molecule has 1 fully saturated rings. The van der Waals surface area contributed by atoms with Crippen LogP contribution in [-0.4, -0.2) is 42.9 Å². The molecule has 0 aliphatic carbocycles. The number of ether oxygens (including phenoxy) is 1. The minimum absolute atomic E-state index is 0.0146. The van der Waals surface area contributed by atoms with E-state index in [0.717, 1.165) is 0 Å². The number of hydrogen-bond acceptors (Lipinski definition) is 4. The number of nitrogens with zero attached hydrogens (tertiary/aromatic N) is 1. The second kappa shape index (κ2) is 9.54. The Hall–Kier alpha value is -1.83. The van der Waals surface area contributed by atoms with Gasteiger partial charge in [0.2, 0.25) is 0 Å². The lowest BCUT2D eigenvalue weighted by molar-refractivity contribution is -0.141. The highest BCUT2D eigenvalue weighted by atomic mass is 35.5. The molecule has 5 nitrogen and oxygen atoms in total. The van der Waals surface area contributed by atoms with Gasteiger partial charge in [0.15, 0.2) is 27.5 Å². The molecule has 0 bridgehead atoms. The van der Waals surface area contributed by atoms with Crippen LogP contribution in [0, 0.1) is 5.82 Å². The third-order valence-corrected chi connectivity index (χ3v) is 7.38. The molecule has 1 aliphatic rings. The number of carbonyl (C=O) groups excluding carboxylic acids is 1. The Labute approximate surface area is 185 Å². The standard InChI is InChI=1S/C21H22Cl2FNO4S/c1-2-19(29-20-6-4-3-5-18(20)24)21(26)25(16-9-10-30(27,28)13-16)12-14-7-8-15(22)11-17(14)23/h3-8,11,16,19H,2,9-10,12-13H2,1H3/t16-,19-/m0/s1. The van der Waals surface area contributed by atoms with Crippen LogP contribution in [0.2, 0.25) is 10.0 Å². The minimum atomic E-state index is -3.23. The number of amides is 1. The Bertz CT molecular complexity index is 1030. The minimum Gasteiger partial charge on any atom is -0.478 e. The highest BCUT2D eigenvalue weighted by molar-refractivity contribution is 7.91. The Morgan fingerprint density at radius 1 is 1.27 bits per heavy atom. The zero-order valence-electron chi connectivity index (χ0n) is 16.4. The molecule has 3 rings (SSSR count). The van der Waals surface area contributed by atoms with Crippen molar-refractivity contribution in [3.05, 3.63) is 63.9 Å². The maximum Gasteiger partial charge on any atom is 0.264 e. The van der Waals surface area contributed by atoms with Crippen LogP contribution in [0.15, 0.2) is 42.5 Å². The molecule has 9 heteroatoms. The summed E-state index contributed by atoms with van der Waals surface area (Å²) in [6.07, 6.45) is -0.344. The number of carbonyl (C=O) groups is 1. The van der Waals surface area contributed by atoms with Gasteiger partial charge in [0.25, 0.3) is 5.91 Å². The first kappa shape index (κ1) is 22.8. The predicted octanol–water partition coefficient (Wildman–Crippen LogP) is 4.51. The quantitative estimate of drug-likeness (QED) is 0.593. The smallest absolute Gasteiger partial charge is 0.264 e. The molecule has 0 radical (unpaired) electrons. The highest BCUT2D eigenvalue weighted by Crippen LogP contribution is 2.27. The first-order valence-corrected chi connectivity index (χ1v) is 12.1. The van der Waals surface area contributed by atoms with Crippen LogP contribution >= 0.6 is 23.2 Å². The van der Waals surface area contributed by atoms with Crippen molar-refractivity contribution in [1.29, 1.82) is 0 Å². The molecule has 0 aromatic heterocycles. The topological polar surface area (TPSA) is 63.7 Å². The van der Waals surface area contributed by atoms with E-state index in [-0.39, 0.29) is 30.2 Å². The van der Waals surface area contributed by atoms with E-state index < -0.39 is 33.7 Å². The van der Waals surface area contributed by atoms with Gasteiger partial charge in [-0.05, 0) is 42.7 Å². The number of hydrogen-bond donors (Lipinski definition) is 0. The second-order valence-electron chi connectivity index (χ2n) is 7.20. The highest BCUT2D eigenvalue weighted by Gasteiger charge is 2.37. The summed E-state index contributed by atoms with van der Waals surface area (Å²) in [6, 6.07) is 10.3. The van der Waals surface area contributed by atoms with Gasteiger partial charge in [-0.2, -0.15) is 0 Å². The van der Waals surface area contributed by atoms with Crippen molar-refractivity contribution in [2.45, 2.75) is 38.5 Å². The van der Waals surface area contributed by atoms with Crippen LogP contribution in [0.3, 0.4) is 0 Å². The largest absolute Gasteiger partial charge is 0.478 e. The normalized spacial score (nSPS) is 18.7. The van der Waals surface area contributed by atoms with E-state index in [1.54, 1.807) is 31.2 Å². The molecule has 2 aromatic carbocycles. The van der Waals surface area contributed by atoms with Gasteiger partial charge in [-0.1, -0.05) is 48.3 Å². The molecule has 2 atom stereocenters. The lowest BCUT2D eigenvalue weighted by Gasteiger charge is -2.32. The van der Waals surface area contributed by atoms with E-state index in [2.05, 4.69) is 0 Å². The molecule has 162 valence electrons. The van der Waals surface area contributed by atoms with Crippen molar-refractivity contribution >= 4 is 38.9 Å². The van der Waals surface area contributed by atoms with E-state index in [1.807, 2.05) is 0 Å². The van der Waals surface area contributed by atoms with Crippen molar-refractivity contribution in [3.63, 3.8) is 0 Å². The first-order valence-electron chi connectivity index (χ1n) is 9.56. The lowest BCUT2D eigenvalue weighted by Crippen LogP contribution is -2.47. The average molecular weight is 474 g/mol. The van der Waals surface area contributed by atoms with Gasteiger partial charge in [0.05, 0.1) is 11.5 Å². The third-order valence-electron chi connectivity index (χ3n) is 5.04. The fourth-order valence-electron chi connectivity index (χ4n) is 3.43. The van der Waals surface area contributed by atoms with Gasteiger partial charge in [-0.25, -0.2) is 12.8 Å². The Morgan fingerprint density at radius 2 is 2.00 bits per heavy atom. The van der Waals surface area contributed by atoms with Gasteiger partial charge >= 0.3 is 0 Å². The number of sulfone groups is 1. The molecule has 1 amide bonds. The van der Waals surface area contributed by atoms with Gasteiger partial charge < -0.3 is 9.64 Å². The molecule has 0 saturated carbocycles. The fourth-order valence-corrected chi connectivity index (χ4v) is 5.63. The molecule has 0 N–H and O–H groups in total. The first-order chi connectivity index (χ1) is 14.2.